The zero-order valence-electron chi connectivity index (χ0n) is 12.5. The number of nitrogens with zero attached hydrogens (tertiary/aromatic N) is 1. The van der Waals surface area contributed by atoms with Gasteiger partial charge in [0.05, 0.1) is 12.1 Å². The van der Waals surface area contributed by atoms with Crippen LogP contribution in [0.4, 0.5) is 9.59 Å². The van der Waals surface area contributed by atoms with Crippen molar-refractivity contribution in [2.75, 3.05) is 13.1 Å². The van der Waals surface area contributed by atoms with Gasteiger partial charge in [0.1, 0.15) is 5.60 Å². The molecule has 1 rings (SSSR count). The average Bonchev–Trinajstić information content (AvgIpc) is 2.25. The number of hydrogen-bond acceptors (Lipinski definition) is 4. The van der Waals surface area contributed by atoms with Crippen LogP contribution >= 0.6 is 0 Å². The van der Waals surface area contributed by atoms with Gasteiger partial charge < -0.3 is 25.8 Å². The third-order valence-electron chi connectivity index (χ3n) is 3.20. The zero-order valence-corrected chi connectivity index (χ0v) is 12.5. The van der Waals surface area contributed by atoms with E-state index in [-0.39, 0.29) is 12.0 Å². The van der Waals surface area contributed by atoms with E-state index >= 15 is 0 Å². The lowest BCUT2D eigenvalue weighted by molar-refractivity contribution is 0.0366. The lowest BCUT2D eigenvalue weighted by Gasteiger charge is -2.38. The van der Waals surface area contributed by atoms with Gasteiger partial charge in [0.15, 0.2) is 0 Å². The van der Waals surface area contributed by atoms with Crippen LogP contribution in [0.15, 0.2) is 0 Å². The van der Waals surface area contributed by atoms with Gasteiger partial charge in [-0.25, -0.2) is 9.59 Å². The number of piperidine rings is 1. The first-order chi connectivity index (χ1) is 9.08. The fourth-order valence-electron chi connectivity index (χ4n) is 2.25. The van der Waals surface area contributed by atoms with E-state index in [1.54, 1.807) is 27.7 Å². The van der Waals surface area contributed by atoms with Crippen LogP contribution in [0.2, 0.25) is 0 Å². The van der Waals surface area contributed by atoms with Crippen LogP contribution in [0, 0.1) is 5.92 Å². The van der Waals surface area contributed by atoms with Gasteiger partial charge in [0, 0.05) is 19.0 Å². The molecule has 7 nitrogen and oxygen atoms in total. The first kappa shape index (κ1) is 16.6. The molecule has 0 radical (unpaired) electrons. The summed E-state index contributed by atoms with van der Waals surface area (Å²) in [5.41, 5.74) is 4.71. The number of carbonyl (C=O) groups excluding carboxylic acids is 2. The third kappa shape index (κ3) is 5.24. The number of primary amides is 1. The normalized spacial score (nSPS) is 24.9. The Kier molecular flexibility index (Phi) is 5.21. The largest absolute Gasteiger partial charge is 0.444 e. The van der Waals surface area contributed by atoms with Crippen molar-refractivity contribution in [2.24, 2.45) is 11.7 Å². The Bertz CT molecular complexity index is 365. The van der Waals surface area contributed by atoms with Crippen LogP contribution in [-0.2, 0) is 4.74 Å². The molecule has 0 aromatic carbocycles. The summed E-state index contributed by atoms with van der Waals surface area (Å²) in [6, 6.07) is -0.822. The quantitative estimate of drug-likeness (QED) is 0.694. The number of likely N-dealkylation sites (tertiary alicyclic amines) is 1. The molecule has 3 amide bonds. The average molecular weight is 287 g/mol. The Labute approximate surface area is 119 Å². The van der Waals surface area contributed by atoms with Gasteiger partial charge in [-0.1, -0.05) is 0 Å². The highest BCUT2D eigenvalue weighted by atomic mass is 16.6. The van der Waals surface area contributed by atoms with Gasteiger partial charge in [0.25, 0.3) is 0 Å². The van der Waals surface area contributed by atoms with E-state index in [1.807, 2.05) is 0 Å². The minimum atomic E-state index is -0.578. The molecule has 0 bridgehead atoms. The van der Waals surface area contributed by atoms with Crippen molar-refractivity contribution in [3.63, 3.8) is 0 Å². The number of alkyl carbamates (subject to hydrolysis) is 1. The first-order valence-corrected chi connectivity index (χ1v) is 6.80. The Balaban J connectivity index is 2.63. The van der Waals surface area contributed by atoms with E-state index in [4.69, 9.17) is 10.5 Å². The van der Waals surface area contributed by atoms with Gasteiger partial charge in [-0.05, 0) is 34.1 Å². The maximum atomic E-state index is 11.7. The number of nitrogens with one attached hydrogen (secondary N) is 1. The molecule has 0 aromatic rings. The summed E-state index contributed by atoms with van der Waals surface area (Å²) in [5.74, 6) is -0.115. The number of aliphatic hydroxyl groups excluding tert-OH is 1. The number of ether oxygens (including phenoxy) is 1. The molecule has 1 aliphatic heterocycles. The molecule has 0 aromatic heterocycles. The van der Waals surface area contributed by atoms with Crippen molar-refractivity contribution in [2.45, 2.75) is 51.9 Å². The lowest BCUT2D eigenvalue weighted by Crippen LogP contribution is -2.56. The number of carbonyl (C=O) groups is 2. The smallest absolute Gasteiger partial charge is 0.407 e. The highest BCUT2D eigenvalue weighted by molar-refractivity contribution is 5.72. The summed E-state index contributed by atoms with van der Waals surface area (Å²) in [5, 5.41) is 12.4. The van der Waals surface area contributed by atoms with E-state index < -0.39 is 23.8 Å². The van der Waals surface area contributed by atoms with Crippen LogP contribution < -0.4 is 11.1 Å². The summed E-state index contributed by atoms with van der Waals surface area (Å²) < 4.78 is 5.18. The molecule has 0 aliphatic carbocycles. The molecular formula is C13H25N3O4. The van der Waals surface area contributed by atoms with Crippen LogP contribution in [0.3, 0.4) is 0 Å². The zero-order chi connectivity index (χ0) is 15.5. The van der Waals surface area contributed by atoms with Crippen LogP contribution in [0.1, 0.15) is 34.1 Å². The van der Waals surface area contributed by atoms with Crippen LogP contribution in [-0.4, -0.2) is 53.0 Å². The summed E-state index contributed by atoms with van der Waals surface area (Å²) in [7, 11) is 0. The number of nitrogens with two attached hydrogens (primary N) is 1. The Hall–Kier alpha value is -1.50. The topological polar surface area (TPSA) is 105 Å². The highest BCUT2D eigenvalue weighted by Crippen LogP contribution is 2.20. The fourth-order valence-corrected chi connectivity index (χ4v) is 2.25. The van der Waals surface area contributed by atoms with E-state index in [0.29, 0.717) is 19.5 Å². The molecule has 1 aliphatic rings. The Morgan fingerprint density at radius 1 is 1.40 bits per heavy atom. The molecule has 116 valence electrons. The van der Waals surface area contributed by atoms with Crippen molar-refractivity contribution < 1.29 is 19.4 Å². The van der Waals surface area contributed by atoms with Crippen molar-refractivity contribution in [1.82, 2.24) is 10.2 Å². The second kappa shape index (κ2) is 6.30. The monoisotopic (exact) mass is 287 g/mol. The van der Waals surface area contributed by atoms with Gasteiger partial charge in [-0.3, -0.25) is 0 Å². The third-order valence-corrected chi connectivity index (χ3v) is 3.20. The summed E-state index contributed by atoms with van der Waals surface area (Å²) in [4.78, 5) is 24.5. The predicted octanol–water partition coefficient (Wildman–Crippen LogP) is 0.661. The fraction of sp³-hybridized carbons (Fsp3) is 0.846. The summed E-state index contributed by atoms with van der Waals surface area (Å²) >= 11 is 0. The van der Waals surface area contributed by atoms with Crippen LogP contribution in [0.5, 0.6) is 0 Å². The number of urea groups is 1. The van der Waals surface area contributed by atoms with Gasteiger partial charge >= 0.3 is 12.1 Å². The van der Waals surface area contributed by atoms with Gasteiger partial charge in [0.2, 0.25) is 0 Å². The lowest BCUT2D eigenvalue weighted by atomic mass is 9.90. The van der Waals surface area contributed by atoms with E-state index in [2.05, 4.69) is 5.32 Å². The van der Waals surface area contributed by atoms with Crippen LogP contribution in [0.25, 0.3) is 0 Å². The Morgan fingerprint density at radius 2 is 2.00 bits per heavy atom. The molecular weight excluding hydrogens is 262 g/mol. The van der Waals surface area contributed by atoms with Crippen molar-refractivity contribution in [1.29, 1.82) is 0 Å². The summed E-state index contributed by atoms with van der Waals surface area (Å²) in [6.07, 6.45) is -0.515. The minimum absolute atomic E-state index is 0.115. The molecule has 4 N–H and O–H groups in total. The van der Waals surface area contributed by atoms with Gasteiger partial charge in [-0.2, -0.15) is 0 Å². The van der Waals surface area contributed by atoms with Crippen molar-refractivity contribution in [3.05, 3.63) is 0 Å². The summed E-state index contributed by atoms with van der Waals surface area (Å²) in [6.45, 7) is 7.74. The highest BCUT2D eigenvalue weighted by Gasteiger charge is 2.33. The van der Waals surface area contributed by atoms with E-state index in [0.717, 1.165) is 0 Å². The van der Waals surface area contributed by atoms with E-state index in [1.165, 1.54) is 4.90 Å². The molecule has 3 unspecified atom stereocenters. The van der Waals surface area contributed by atoms with Gasteiger partial charge in [-0.15, -0.1) is 0 Å². The number of hydrogen-bond donors (Lipinski definition) is 3. The predicted molar refractivity (Wildman–Crippen MR) is 74.1 cm³/mol. The molecule has 7 heteroatoms. The standard InChI is InChI=1S/C13H25N3O4/c1-8(17)9-5-10(7-16(6-9)11(14)18)15-12(19)20-13(2,3)4/h8-10,17H,5-7H2,1-4H3,(H2,14,18)(H,15,19). The van der Waals surface area contributed by atoms with Crippen molar-refractivity contribution >= 4 is 12.1 Å². The molecule has 1 fully saturated rings. The number of amides is 3. The second-order valence-electron chi connectivity index (χ2n) is 6.32. The second-order valence-corrected chi connectivity index (χ2v) is 6.32. The number of rotatable bonds is 2. The van der Waals surface area contributed by atoms with Crippen molar-refractivity contribution in [3.8, 4) is 0 Å². The molecule has 1 heterocycles. The first-order valence-electron chi connectivity index (χ1n) is 6.80. The van der Waals surface area contributed by atoms with E-state index in [9.17, 15) is 14.7 Å². The molecule has 0 saturated carbocycles. The SMILES string of the molecule is CC(O)C1CC(NC(=O)OC(C)(C)C)CN(C(N)=O)C1. The Morgan fingerprint density at radius 3 is 2.45 bits per heavy atom. The molecule has 1 saturated heterocycles. The minimum Gasteiger partial charge on any atom is -0.444 e. The molecule has 0 spiro atoms. The molecule has 20 heavy (non-hydrogen) atoms. The maximum Gasteiger partial charge on any atom is 0.407 e. The maximum absolute atomic E-state index is 11.7. The number of aliphatic hydroxyl groups is 1. The molecule has 3 atom stereocenters.